The highest BCUT2D eigenvalue weighted by Crippen LogP contribution is 2.26. The van der Waals surface area contributed by atoms with Gasteiger partial charge in [-0.2, -0.15) is 0 Å². The standard InChI is InChI=1S/C17H20ClNO2/c1-11(2)17(12-3-6-14(18)7-4-12)19-10-13-5-8-15(20)9-16(13)21/h3-9,11,17,19-21H,10H2,1-2H3. The third-order valence-corrected chi connectivity index (χ3v) is 3.73. The summed E-state index contributed by atoms with van der Waals surface area (Å²) in [6.07, 6.45) is 0. The maximum Gasteiger partial charge on any atom is 0.123 e. The van der Waals surface area contributed by atoms with Gasteiger partial charge in [-0.1, -0.05) is 43.6 Å². The minimum absolute atomic E-state index is 0.0642. The zero-order valence-electron chi connectivity index (χ0n) is 12.2. The summed E-state index contributed by atoms with van der Waals surface area (Å²) in [5, 5.41) is 23.3. The molecule has 0 saturated carbocycles. The van der Waals surface area contributed by atoms with Crippen molar-refractivity contribution in [2.75, 3.05) is 0 Å². The first-order valence-corrected chi connectivity index (χ1v) is 7.35. The van der Waals surface area contributed by atoms with E-state index >= 15 is 0 Å². The number of aromatic hydroxyl groups is 2. The molecule has 0 fully saturated rings. The van der Waals surface area contributed by atoms with Gasteiger partial charge in [-0.25, -0.2) is 0 Å². The zero-order valence-corrected chi connectivity index (χ0v) is 12.9. The Morgan fingerprint density at radius 3 is 2.29 bits per heavy atom. The summed E-state index contributed by atoms with van der Waals surface area (Å²) in [6, 6.07) is 12.6. The highest BCUT2D eigenvalue weighted by molar-refractivity contribution is 6.30. The average Bonchev–Trinajstić information content (AvgIpc) is 2.42. The van der Waals surface area contributed by atoms with Gasteiger partial charge in [-0.3, -0.25) is 0 Å². The molecule has 2 aromatic carbocycles. The topological polar surface area (TPSA) is 52.5 Å². The number of phenols is 2. The molecule has 0 aromatic heterocycles. The van der Waals surface area contributed by atoms with E-state index in [0.717, 1.165) is 16.1 Å². The number of rotatable bonds is 5. The Bertz CT molecular complexity index is 596. The van der Waals surface area contributed by atoms with Crippen LogP contribution in [-0.2, 0) is 6.54 Å². The Balaban J connectivity index is 2.12. The number of hydrogen-bond donors (Lipinski definition) is 3. The van der Waals surface area contributed by atoms with Gasteiger partial charge in [-0.05, 0) is 29.7 Å². The van der Waals surface area contributed by atoms with E-state index in [1.54, 1.807) is 12.1 Å². The molecule has 0 saturated heterocycles. The number of halogens is 1. The third kappa shape index (κ3) is 4.13. The van der Waals surface area contributed by atoms with E-state index in [4.69, 9.17) is 11.6 Å². The molecular formula is C17H20ClNO2. The van der Waals surface area contributed by atoms with E-state index in [9.17, 15) is 10.2 Å². The van der Waals surface area contributed by atoms with E-state index < -0.39 is 0 Å². The van der Waals surface area contributed by atoms with Crippen LogP contribution >= 0.6 is 11.6 Å². The van der Waals surface area contributed by atoms with Gasteiger partial charge in [0.05, 0.1) is 0 Å². The second-order valence-corrected chi connectivity index (χ2v) is 5.90. The van der Waals surface area contributed by atoms with Crippen LogP contribution < -0.4 is 5.32 Å². The highest BCUT2D eigenvalue weighted by atomic mass is 35.5. The van der Waals surface area contributed by atoms with E-state index in [1.807, 2.05) is 24.3 Å². The molecule has 2 aromatic rings. The normalized spacial score (nSPS) is 12.6. The maximum absolute atomic E-state index is 9.83. The predicted octanol–water partition coefficient (Wildman–Crippen LogP) is 4.24. The predicted molar refractivity (Wildman–Crippen MR) is 85.6 cm³/mol. The molecule has 0 amide bonds. The third-order valence-electron chi connectivity index (χ3n) is 3.48. The van der Waals surface area contributed by atoms with Crippen molar-refractivity contribution in [3.05, 3.63) is 58.6 Å². The fraction of sp³-hybridized carbons (Fsp3) is 0.294. The lowest BCUT2D eigenvalue weighted by Gasteiger charge is -2.23. The summed E-state index contributed by atoms with van der Waals surface area (Å²) in [7, 11) is 0. The van der Waals surface area contributed by atoms with Crippen LogP contribution in [0.15, 0.2) is 42.5 Å². The van der Waals surface area contributed by atoms with Gasteiger partial charge in [0, 0.05) is 29.2 Å². The Kier molecular flexibility index (Phi) is 5.10. The summed E-state index contributed by atoms with van der Waals surface area (Å²) in [4.78, 5) is 0. The van der Waals surface area contributed by atoms with Gasteiger partial charge in [0.1, 0.15) is 11.5 Å². The SMILES string of the molecule is CC(C)C(NCc1ccc(O)cc1O)c1ccc(Cl)cc1. The first-order chi connectivity index (χ1) is 9.97. The lowest BCUT2D eigenvalue weighted by atomic mass is 9.96. The van der Waals surface area contributed by atoms with Crippen LogP contribution in [0.1, 0.15) is 31.0 Å². The molecule has 0 aliphatic carbocycles. The second kappa shape index (κ2) is 6.83. The fourth-order valence-corrected chi connectivity index (χ4v) is 2.46. The molecule has 1 unspecified atom stereocenters. The minimum Gasteiger partial charge on any atom is -0.508 e. The van der Waals surface area contributed by atoms with E-state index in [2.05, 4.69) is 19.2 Å². The van der Waals surface area contributed by atoms with Crippen molar-refractivity contribution < 1.29 is 10.2 Å². The van der Waals surface area contributed by atoms with Crippen LogP contribution in [0.2, 0.25) is 5.02 Å². The lowest BCUT2D eigenvalue weighted by molar-refractivity contribution is 0.400. The molecule has 3 nitrogen and oxygen atoms in total. The Hall–Kier alpha value is -1.71. The van der Waals surface area contributed by atoms with Crippen molar-refractivity contribution in [1.29, 1.82) is 0 Å². The van der Waals surface area contributed by atoms with Crippen molar-refractivity contribution >= 4 is 11.6 Å². The van der Waals surface area contributed by atoms with Gasteiger partial charge >= 0.3 is 0 Å². The molecule has 0 heterocycles. The van der Waals surface area contributed by atoms with Crippen molar-refractivity contribution in [1.82, 2.24) is 5.32 Å². The molecule has 3 N–H and O–H groups in total. The number of hydrogen-bond acceptors (Lipinski definition) is 3. The van der Waals surface area contributed by atoms with Crippen molar-refractivity contribution in [3.8, 4) is 11.5 Å². The maximum atomic E-state index is 9.83. The minimum atomic E-state index is 0.0642. The molecule has 0 aliphatic heterocycles. The molecule has 0 aliphatic rings. The smallest absolute Gasteiger partial charge is 0.123 e. The zero-order chi connectivity index (χ0) is 15.4. The van der Waals surface area contributed by atoms with Crippen molar-refractivity contribution in [3.63, 3.8) is 0 Å². The first-order valence-electron chi connectivity index (χ1n) is 6.97. The van der Waals surface area contributed by atoms with Crippen LogP contribution in [0.4, 0.5) is 0 Å². The Morgan fingerprint density at radius 1 is 1.05 bits per heavy atom. The van der Waals surface area contributed by atoms with Crippen LogP contribution in [0, 0.1) is 5.92 Å². The largest absolute Gasteiger partial charge is 0.508 e. The quantitative estimate of drug-likeness (QED) is 0.774. The summed E-state index contributed by atoms with van der Waals surface area (Å²) in [5.41, 5.74) is 1.92. The summed E-state index contributed by atoms with van der Waals surface area (Å²) >= 11 is 5.93. The van der Waals surface area contributed by atoms with Gasteiger partial charge in [0.2, 0.25) is 0 Å². The van der Waals surface area contributed by atoms with Crippen LogP contribution in [0.3, 0.4) is 0 Å². The van der Waals surface area contributed by atoms with E-state index in [-0.39, 0.29) is 17.5 Å². The Morgan fingerprint density at radius 2 is 1.71 bits per heavy atom. The summed E-state index contributed by atoms with van der Waals surface area (Å²) in [5.74, 6) is 0.556. The van der Waals surface area contributed by atoms with Gasteiger partial charge in [0.25, 0.3) is 0 Å². The van der Waals surface area contributed by atoms with Crippen LogP contribution in [0.5, 0.6) is 11.5 Å². The molecule has 0 bridgehead atoms. The van der Waals surface area contributed by atoms with Gasteiger partial charge in [-0.15, -0.1) is 0 Å². The number of benzene rings is 2. The van der Waals surface area contributed by atoms with Crippen LogP contribution in [0.25, 0.3) is 0 Å². The van der Waals surface area contributed by atoms with Crippen molar-refractivity contribution in [2.24, 2.45) is 5.92 Å². The molecule has 1 atom stereocenters. The Labute approximate surface area is 130 Å². The highest BCUT2D eigenvalue weighted by Gasteiger charge is 2.16. The van der Waals surface area contributed by atoms with Crippen LogP contribution in [-0.4, -0.2) is 10.2 Å². The number of nitrogens with one attached hydrogen (secondary N) is 1. The van der Waals surface area contributed by atoms with Crippen molar-refractivity contribution in [2.45, 2.75) is 26.4 Å². The molecule has 21 heavy (non-hydrogen) atoms. The monoisotopic (exact) mass is 305 g/mol. The van der Waals surface area contributed by atoms with E-state index in [0.29, 0.717) is 12.5 Å². The summed E-state index contributed by atoms with van der Waals surface area (Å²) < 4.78 is 0. The van der Waals surface area contributed by atoms with Gasteiger partial charge in [0.15, 0.2) is 0 Å². The molecule has 2 rings (SSSR count). The molecule has 4 heteroatoms. The molecule has 0 radical (unpaired) electrons. The number of phenolic OH excluding ortho intramolecular Hbond substituents is 2. The van der Waals surface area contributed by atoms with Gasteiger partial charge < -0.3 is 15.5 Å². The molecule has 112 valence electrons. The van der Waals surface area contributed by atoms with E-state index in [1.165, 1.54) is 6.07 Å². The second-order valence-electron chi connectivity index (χ2n) is 5.47. The lowest BCUT2D eigenvalue weighted by Crippen LogP contribution is -2.25. The summed E-state index contributed by atoms with van der Waals surface area (Å²) in [6.45, 7) is 4.81. The first kappa shape index (κ1) is 15.7. The fourth-order valence-electron chi connectivity index (χ4n) is 2.33. The molecule has 0 spiro atoms. The molecular weight excluding hydrogens is 286 g/mol. The average molecular weight is 306 g/mol.